The van der Waals surface area contributed by atoms with Crippen LogP contribution < -0.4 is 0 Å². The topological polar surface area (TPSA) is 121 Å². The monoisotopic (exact) mass is 279 g/mol. The number of rotatable bonds is 4. The Morgan fingerprint density at radius 2 is 1.65 bits per heavy atom. The number of carbonyl (C=O) groups excluding carboxylic acids is 3. The van der Waals surface area contributed by atoms with Crippen LogP contribution in [0.4, 0.5) is 0 Å². The fourth-order valence-electron chi connectivity index (χ4n) is 1.98. The number of nitrogens with zero attached hydrogens (tertiary/aromatic N) is 1. The van der Waals surface area contributed by atoms with Crippen LogP contribution in [0, 0.1) is 0 Å². The minimum absolute atomic E-state index is 0.0705. The molecular weight excluding hydrogens is 270 g/mol. The molecular formula is C12H9NO7. The Morgan fingerprint density at radius 3 is 2.05 bits per heavy atom. The molecule has 1 unspecified atom stereocenters. The minimum Gasteiger partial charge on any atom is -0.480 e. The first-order chi connectivity index (χ1) is 9.47. The molecule has 2 amide bonds. The van der Waals surface area contributed by atoms with Crippen molar-refractivity contribution >= 4 is 23.8 Å². The van der Waals surface area contributed by atoms with Crippen molar-refractivity contribution in [1.82, 2.24) is 4.90 Å². The summed E-state index contributed by atoms with van der Waals surface area (Å²) < 4.78 is 0. The van der Waals surface area contributed by atoms with E-state index in [1.807, 2.05) is 0 Å². The number of carboxylic acids is 1. The van der Waals surface area contributed by atoms with Gasteiger partial charge in [-0.15, -0.1) is 0 Å². The number of aliphatic carboxylic acids is 1. The third-order valence-corrected chi connectivity index (χ3v) is 2.88. The van der Waals surface area contributed by atoms with Gasteiger partial charge in [-0.2, -0.15) is 5.26 Å². The normalized spacial score (nSPS) is 14.9. The van der Waals surface area contributed by atoms with Gasteiger partial charge in [0, 0.05) is 0 Å². The maximum Gasteiger partial charge on any atom is 0.344 e. The molecule has 0 saturated carbocycles. The van der Waals surface area contributed by atoms with E-state index in [9.17, 15) is 19.2 Å². The van der Waals surface area contributed by atoms with Crippen LogP contribution in [0.5, 0.6) is 0 Å². The van der Waals surface area contributed by atoms with Crippen molar-refractivity contribution in [3.63, 3.8) is 0 Å². The molecule has 2 rings (SSSR count). The van der Waals surface area contributed by atoms with Crippen molar-refractivity contribution < 1.29 is 34.4 Å². The molecule has 1 heterocycles. The summed E-state index contributed by atoms with van der Waals surface area (Å²) in [6.07, 6.45) is -0.836. The molecule has 0 bridgehead atoms. The molecule has 1 atom stereocenters. The van der Waals surface area contributed by atoms with E-state index in [0.717, 1.165) is 0 Å². The molecule has 0 aliphatic carbocycles. The van der Waals surface area contributed by atoms with E-state index in [-0.39, 0.29) is 11.1 Å². The highest BCUT2D eigenvalue weighted by Gasteiger charge is 2.43. The van der Waals surface area contributed by atoms with Gasteiger partial charge >= 0.3 is 11.9 Å². The summed E-state index contributed by atoms with van der Waals surface area (Å²) in [4.78, 5) is 50.1. The number of amides is 2. The van der Waals surface area contributed by atoms with Gasteiger partial charge in [0.2, 0.25) is 0 Å². The van der Waals surface area contributed by atoms with Crippen LogP contribution in [-0.4, -0.2) is 45.1 Å². The second-order valence-corrected chi connectivity index (χ2v) is 4.05. The Bertz CT molecular complexity index is 575. The zero-order valence-corrected chi connectivity index (χ0v) is 9.98. The smallest absolute Gasteiger partial charge is 0.344 e. The summed E-state index contributed by atoms with van der Waals surface area (Å²) in [5.41, 5.74) is 0.141. The first-order valence-corrected chi connectivity index (χ1v) is 5.51. The lowest BCUT2D eigenvalue weighted by atomic mass is 10.1. The van der Waals surface area contributed by atoms with Crippen molar-refractivity contribution in [3.05, 3.63) is 35.4 Å². The lowest BCUT2D eigenvalue weighted by Crippen LogP contribution is -2.46. The van der Waals surface area contributed by atoms with Crippen molar-refractivity contribution in [2.45, 2.75) is 12.5 Å². The van der Waals surface area contributed by atoms with Crippen LogP contribution >= 0.6 is 0 Å². The van der Waals surface area contributed by atoms with E-state index in [1.54, 1.807) is 0 Å². The average Bonchev–Trinajstić information content (AvgIpc) is 2.69. The van der Waals surface area contributed by atoms with Crippen LogP contribution in [0.2, 0.25) is 0 Å². The number of imide groups is 1. The fraction of sp³-hybridized carbons (Fsp3) is 0.167. The van der Waals surface area contributed by atoms with E-state index >= 15 is 0 Å². The van der Waals surface area contributed by atoms with Crippen LogP contribution in [0.25, 0.3) is 0 Å². The van der Waals surface area contributed by atoms with Crippen molar-refractivity contribution in [3.8, 4) is 0 Å². The van der Waals surface area contributed by atoms with Gasteiger partial charge in [-0.25, -0.2) is 9.59 Å². The Morgan fingerprint density at radius 1 is 1.15 bits per heavy atom. The molecule has 20 heavy (non-hydrogen) atoms. The Hall–Kier alpha value is -2.74. The predicted octanol–water partition coefficient (Wildman–Crippen LogP) is 0.142. The van der Waals surface area contributed by atoms with Gasteiger partial charge in [0.05, 0.1) is 17.5 Å². The molecule has 0 fully saturated rings. The highest BCUT2D eigenvalue weighted by Crippen LogP contribution is 2.25. The SMILES string of the molecule is O=C(CC(C(=O)O)N1C(=O)c2ccccc2C1=O)OO. The fourth-order valence-corrected chi connectivity index (χ4v) is 1.98. The molecule has 1 aromatic rings. The lowest BCUT2D eigenvalue weighted by molar-refractivity contribution is -0.235. The zero-order chi connectivity index (χ0) is 14.9. The number of carboxylic acid groups (broad SMARTS) is 1. The molecule has 0 aromatic heterocycles. The van der Waals surface area contributed by atoms with Crippen LogP contribution in [0.1, 0.15) is 27.1 Å². The maximum atomic E-state index is 12.1. The molecule has 104 valence electrons. The highest BCUT2D eigenvalue weighted by atomic mass is 17.1. The minimum atomic E-state index is -1.73. The molecule has 8 nitrogen and oxygen atoms in total. The predicted molar refractivity (Wildman–Crippen MR) is 61.7 cm³/mol. The van der Waals surface area contributed by atoms with Crippen LogP contribution in [0.15, 0.2) is 24.3 Å². The number of fused-ring (bicyclic) bond motifs is 1. The van der Waals surface area contributed by atoms with E-state index in [0.29, 0.717) is 4.90 Å². The number of carbonyl (C=O) groups is 4. The van der Waals surface area contributed by atoms with Gasteiger partial charge in [0.1, 0.15) is 6.04 Å². The molecule has 0 spiro atoms. The maximum absolute atomic E-state index is 12.1. The van der Waals surface area contributed by atoms with Crippen molar-refractivity contribution in [2.24, 2.45) is 0 Å². The molecule has 8 heteroatoms. The molecule has 2 N–H and O–H groups in total. The Labute approximate surface area is 112 Å². The molecule has 0 radical (unpaired) electrons. The number of hydrogen-bond donors (Lipinski definition) is 2. The average molecular weight is 279 g/mol. The summed E-state index contributed by atoms with van der Waals surface area (Å²) in [5, 5.41) is 17.2. The van der Waals surface area contributed by atoms with Gasteiger partial charge in [-0.1, -0.05) is 12.1 Å². The largest absolute Gasteiger partial charge is 0.480 e. The number of benzene rings is 1. The molecule has 1 aliphatic heterocycles. The lowest BCUT2D eigenvalue weighted by Gasteiger charge is -2.20. The standard InChI is InChI=1S/C12H9NO7/c14-9(20-19)5-8(12(17)18)13-10(15)6-3-1-2-4-7(6)11(13)16/h1-4,8,19H,5H2,(H,17,18). The second-order valence-electron chi connectivity index (χ2n) is 4.05. The first kappa shape index (κ1) is 13.7. The van der Waals surface area contributed by atoms with Gasteiger partial charge in [-0.3, -0.25) is 14.5 Å². The first-order valence-electron chi connectivity index (χ1n) is 5.51. The van der Waals surface area contributed by atoms with E-state index in [4.69, 9.17) is 10.4 Å². The van der Waals surface area contributed by atoms with Gasteiger partial charge < -0.3 is 9.99 Å². The third kappa shape index (κ3) is 2.12. The van der Waals surface area contributed by atoms with Crippen LogP contribution in [-0.2, 0) is 14.5 Å². The van der Waals surface area contributed by atoms with Crippen molar-refractivity contribution in [2.75, 3.05) is 0 Å². The van der Waals surface area contributed by atoms with Gasteiger partial charge in [0.25, 0.3) is 11.8 Å². The Balaban J connectivity index is 2.37. The summed E-state index contributed by atoms with van der Waals surface area (Å²) in [5.74, 6) is -4.41. The summed E-state index contributed by atoms with van der Waals surface area (Å²) in [7, 11) is 0. The third-order valence-electron chi connectivity index (χ3n) is 2.88. The molecule has 1 aromatic carbocycles. The van der Waals surface area contributed by atoms with Gasteiger partial charge in [0.15, 0.2) is 0 Å². The summed E-state index contributed by atoms with van der Waals surface area (Å²) in [6.45, 7) is 0. The zero-order valence-electron chi connectivity index (χ0n) is 9.98. The molecule has 1 aliphatic rings. The van der Waals surface area contributed by atoms with E-state index in [2.05, 4.69) is 4.89 Å². The highest BCUT2D eigenvalue weighted by molar-refractivity contribution is 6.22. The van der Waals surface area contributed by atoms with Crippen LogP contribution in [0.3, 0.4) is 0 Å². The van der Waals surface area contributed by atoms with E-state index < -0.39 is 36.2 Å². The van der Waals surface area contributed by atoms with Gasteiger partial charge in [-0.05, 0) is 12.1 Å². The quantitative estimate of drug-likeness (QED) is 0.456. The summed E-state index contributed by atoms with van der Waals surface area (Å²) in [6, 6.07) is 4.11. The van der Waals surface area contributed by atoms with E-state index in [1.165, 1.54) is 24.3 Å². The Kier molecular flexibility index (Phi) is 3.49. The second kappa shape index (κ2) is 5.10. The van der Waals surface area contributed by atoms with Crippen molar-refractivity contribution in [1.29, 1.82) is 0 Å². The number of hydrogen-bond acceptors (Lipinski definition) is 6. The summed E-state index contributed by atoms with van der Waals surface area (Å²) >= 11 is 0. The molecule has 0 saturated heterocycles.